The van der Waals surface area contributed by atoms with E-state index in [4.69, 9.17) is 10.2 Å². The van der Waals surface area contributed by atoms with Crippen molar-refractivity contribution in [3.8, 4) is 0 Å². The molecule has 13 heavy (non-hydrogen) atoms. The largest absolute Gasteiger partial charge is 1.00 e. The fourth-order valence-electron chi connectivity index (χ4n) is 0.856. The number of hydrogen-bond donors (Lipinski definition) is 2. The minimum atomic E-state index is -1.23. The third-order valence-corrected chi connectivity index (χ3v) is 1.39. The first-order chi connectivity index (χ1) is 5.63. The Hall–Kier alpha value is 0.212. The first-order valence-corrected chi connectivity index (χ1v) is 3.18. The maximum absolute atomic E-state index is 10.5. The fourth-order valence-corrected chi connectivity index (χ4v) is 0.856. The predicted molar refractivity (Wildman–Crippen MR) is 41.5 cm³/mol. The molecule has 0 saturated carbocycles. The average Bonchev–Trinajstić information content (AvgIpc) is 2.04. The zero-order valence-corrected chi connectivity index (χ0v) is 13.3. The van der Waals surface area contributed by atoms with Gasteiger partial charge in [0.25, 0.3) is 0 Å². The number of aromatic carboxylic acids is 2. The Morgan fingerprint density at radius 3 is 1.54 bits per heavy atom. The first kappa shape index (κ1) is 13.2. The molecule has 1 rings (SSSR count). The Labute approximate surface area is 135 Å². The van der Waals surface area contributed by atoms with Gasteiger partial charge in [0.15, 0.2) is 0 Å². The van der Waals surface area contributed by atoms with Gasteiger partial charge >= 0.3 is 80.8 Å². The number of carbonyl (C=O) groups is 2. The van der Waals surface area contributed by atoms with Gasteiger partial charge in [-0.1, -0.05) is 12.1 Å². The monoisotopic (exact) mass is 300 g/mol. The Morgan fingerprint density at radius 2 is 1.31 bits per heavy atom. The molecular formula is C8H7CsO4. The molecule has 1 aromatic carbocycles. The van der Waals surface area contributed by atoms with E-state index in [-0.39, 0.29) is 81.4 Å². The van der Waals surface area contributed by atoms with E-state index in [1.165, 1.54) is 24.3 Å². The van der Waals surface area contributed by atoms with E-state index in [0.29, 0.717) is 0 Å². The van der Waals surface area contributed by atoms with Crippen LogP contribution in [0.5, 0.6) is 0 Å². The van der Waals surface area contributed by atoms with Crippen molar-refractivity contribution in [1.82, 2.24) is 0 Å². The van der Waals surface area contributed by atoms with Gasteiger partial charge < -0.3 is 11.6 Å². The molecule has 0 fully saturated rings. The Kier molecular flexibility index (Phi) is 5.94. The molecule has 0 unspecified atom stereocenters. The summed E-state index contributed by atoms with van der Waals surface area (Å²) in [6, 6.07) is 5.48. The second kappa shape index (κ2) is 5.84. The van der Waals surface area contributed by atoms with E-state index in [1.807, 2.05) is 0 Å². The smallest absolute Gasteiger partial charge is 1.00 e. The summed E-state index contributed by atoms with van der Waals surface area (Å²) in [5, 5.41) is 17.1. The van der Waals surface area contributed by atoms with Gasteiger partial charge in [-0.15, -0.1) is 0 Å². The van der Waals surface area contributed by atoms with Crippen molar-refractivity contribution >= 4 is 11.9 Å². The summed E-state index contributed by atoms with van der Waals surface area (Å²) in [6.45, 7) is 0. The molecular weight excluding hydrogens is 293 g/mol. The third kappa shape index (κ3) is 3.45. The summed E-state index contributed by atoms with van der Waals surface area (Å²) in [6.07, 6.45) is 0. The van der Waals surface area contributed by atoms with Crippen molar-refractivity contribution < 1.29 is 90.1 Å². The second-order valence-electron chi connectivity index (χ2n) is 2.16. The van der Waals surface area contributed by atoms with Crippen LogP contribution in [-0.2, 0) is 0 Å². The van der Waals surface area contributed by atoms with Crippen LogP contribution in [0.1, 0.15) is 22.1 Å². The summed E-state index contributed by atoms with van der Waals surface area (Å²) in [5.74, 6) is -2.46. The molecule has 1 aromatic rings. The first-order valence-electron chi connectivity index (χ1n) is 3.18. The number of hydrogen-bond acceptors (Lipinski definition) is 2. The number of rotatable bonds is 2. The van der Waals surface area contributed by atoms with Gasteiger partial charge in [-0.25, -0.2) is 9.59 Å². The van der Waals surface area contributed by atoms with Crippen molar-refractivity contribution in [2.75, 3.05) is 0 Å². The maximum atomic E-state index is 10.5. The zero-order chi connectivity index (χ0) is 9.14. The van der Waals surface area contributed by atoms with E-state index in [9.17, 15) is 9.59 Å². The van der Waals surface area contributed by atoms with Crippen LogP contribution >= 0.6 is 0 Å². The van der Waals surface area contributed by atoms with Crippen molar-refractivity contribution in [3.05, 3.63) is 35.4 Å². The van der Waals surface area contributed by atoms with Gasteiger partial charge in [0.05, 0.1) is 11.1 Å². The van der Waals surface area contributed by atoms with Crippen molar-refractivity contribution in [2.24, 2.45) is 0 Å². The molecule has 4 nitrogen and oxygen atoms in total. The van der Waals surface area contributed by atoms with E-state index >= 15 is 0 Å². The summed E-state index contributed by atoms with van der Waals surface area (Å²) < 4.78 is 0. The van der Waals surface area contributed by atoms with E-state index < -0.39 is 11.9 Å². The van der Waals surface area contributed by atoms with E-state index in [0.717, 1.165) is 0 Å². The molecule has 0 saturated heterocycles. The van der Waals surface area contributed by atoms with Gasteiger partial charge in [-0.05, 0) is 12.1 Å². The van der Waals surface area contributed by atoms with Crippen LogP contribution in [0.3, 0.4) is 0 Å². The van der Waals surface area contributed by atoms with Crippen LogP contribution in [0.2, 0.25) is 0 Å². The molecule has 0 bridgehead atoms. The summed E-state index contributed by atoms with van der Waals surface area (Å²) in [7, 11) is 0. The molecule has 0 atom stereocenters. The van der Waals surface area contributed by atoms with Crippen LogP contribution in [-0.4, -0.2) is 22.2 Å². The molecule has 0 amide bonds. The normalized spacial score (nSPS) is 8.62. The summed E-state index contributed by atoms with van der Waals surface area (Å²) >= 11 is 0. The van der Waals surface area contributed by atoms with Gasteiger partial charge in [-0.3, -0.25) is 0 Å². The molecule has 0 aromatic heterocycles. The summed E-state index contributed by atoms with van der Waals surface area (Å²) in [5.41, 5.74) is -0.380. The molecule has 2 N–H and O–H groups in total. The zero-order valence-electron chi connectivity index (χ0n) is 8.02. The average molecular weight is 300 g/mol. The molecule has 5 heteroatoms. The van der Waals surface area contributed by atoms with Gasteiger partial charge in [-0.2, -0.15) is 0 Å². The second-order valence-corrected chi connectivity index (χ2v) is 2.16. The molecule has 0 aliphatic rings. The van der Waals surface area contributed by atoms with Gasteiger partial charge in [0, 0.05) is 0 Å². The fraction of sp³-hybridized carbons (Fsp3) is 0. The minimum absolute atomic E-state index is 0. The SMILES string of the molecule is O=C(O)c1ccccc1C(=O)O.[Cs+].[H-]. The molecule has 0 heterocycles. The van der Waals surface area contributed by atoms with Crippen molar-refractivity contribution in [1.29, 1.82) is 0 Å². The van der Waals surface area contributed by atoms with Crippen molar-refractivity contribution in [2.45, 2.75) is 0 Å². The van der Waals surface area contributed by atoms with Gasteiger partial charge in [0.2, 0.25) is 0 Å². The Bertz CT molecular complexity index is 307. The predicted octanol–water partition coefficient (Wildman–Crippen LogP) is -1.80. The van der Waals surface area contributed by atoms with Gasteiger partial charge in [0.1, 0.15) is 0 Å². The molecule has 0 radical (unpaired) electrons. The molecule has 0 spiro atoms. The number of carboxylic acid groups (broad SMARTS) is 2. The van der Waals surface area contributed by atoms with E-state index in [1.54, 1.807) is 0 Å². The minimum Gasteiger partial charge on any atom is -1.00 e. The van der Waals surface area contributed by atoms with Crippen LogP contribution < -0.4 is 68.9 Å². The Balaban J connectivity index is 0. The summed E-state index contributed by atoms with van der Waals surface area (Å²) in [4.78, 5) is 20.9. The van der Waals surface area contributed by atoms with Crippen LogP contribution in [0.4, 0.5) is 0 Å². The quantitative estimate of drug-likeness (QED) is 0.676. The van der Waals surface area contributed by atoms with E-state index in [2.05, 4.69) is 0 Å². The van der Waals surface area contributed by atoms with Crippen LogP contribution in [0.15, 0.2) is 24.3 Å². The molecule has 0 aliphatic carbocycles. The molecule has 64 valence electrons. The van der Waals surface area contributed by atoms with Crippen LogP contribution in [0, 0.1) is 0 Å². The van der Waals surface area contributed by atoms with Crippen molar-refractivity contribution in [3.63, 3.8) is 0 Å². The third-order valence-electron chi connectivity index (χ3n) is 1.39. The number of carboxylic acids is 2. The number of benzene rings is 1. The standard InChI is InChI=1S/C8H6O4.Cs.H/c9-7(10)5-3-1-2-4-6(5)8(11)12;;/h1-4H,(H,9,10)(H,11,12);;/q;+1;-1. The maximum Gasteiger partial charge on any atom is 1.00 e. The molecule has 0 aliphatic heterocycles. The van der Waals surface area contributed by atoms with Crippen LogP contribution in [0.25, 0.3) is 0 Å². The Morgan fingerprint density at radius 1 is 1.00 bits per heavy atom. The topological polar surface area (TPSA) is 74.6 Å².